The number of carboxylic acid groups (broad SMARTS) is 1. The van der Waals surface area contributed by atoms with Gasteiger partial charge in [-0.1, -0.05) is 52.3 Å². The Hall–Kier alpha value is -5.46. The number of nitrogens with one attached hydrogen (secondary N) is 4. The van der Waals surface area contributed by atoms with Crippen LogP contribution in [-0.4, -0.2) is 98.9 Å². The number of carbonyl (C=O) groups excluding carboxylic acids is 5. The number of carboxylic acids is 1. The van der Waals surface area contributed by atoms with Crippen LogP contribution < -0.4 is 41.1 Å². The fraction of sp³-hybridized carbons (Fsp3) is 0.455. The van der Waals surface area contributed by atoms with Gasteiger partial charge >= 0.3 is 27.0 Å². The number of halogens is 2. The van der Waals surface area contributed by atoms with Crippen molar-refractivity contribution in [2.24, 2.45) is 17.4 Å². The molecule has 57 heavy (non-hydrogen) atoms. The van der Waals surface area contributed by atoms with Crippen molar-refractivity contribution >= 4 is 56.5 Å². The van der Waals surface area contributed by atoms with Gasteiger partial charge in [-0.25, -0.2) is 4.79 Å². The highest BCUT2D eigenvalue weighted by atomic mass is 32.3. The molecule has 0 spiro atoms. The van der Waals surface area contributed by atoms with E-state index >= 15 is 0 Å². The van der Waals surface area contributed by atoms with Crippen LogP contribution in [0.15, 0.2) is 48.5 Å². The predicted octanol–water partition coefficient (Wildman–Crippen LogP) is -1.30. The summed E-state index contributed by atoms with van der Waals surface area (Å²) in [6, 6.07) is 1.75. The smallest absolute Gasteiger partial charge is 0.480 e. The zero-order valence-electron chi connectivity index (χ0n) is 30.7. The summed E-state index contributed by atoms with van der Waals surface area (Å²) < 4.78 is 77.4. The minimum Gasteiger partial charge on any atom is -0.480 e. The monoisotopic (exact) mass is 850 g/mol. The number of benzene rings is 2. The molecule has 316 valence electrons. The summed E-state index contributed by atoms with van der Waals surface area (Å²) in [7, 11) is -10.7. The normalized spacial score (nSPS) is 15.3. The van der Waals surface area contributed by atoms with Crippen molar-refractivity contribution in [3.05, 3.63) is 59.7 Å². The van der Waals surface area contributed by atoms with Gasteiger partial charge in [0.2, 0.25) is 29.5 Å². The zero-order chi connectivity index (χ0) is 43.2. The van der Waals surface area contributed by atoms with E-state index in [0.717, 1.165) is 31.2 Å². The van der Waals surface area contributed by atoms with Crippen molar-refractivity contribution in [2.45, 2.75) is 89.2 Å². The van der Waals surface area contributed by atoms with Gasteiger partial charge in [0.15, 0.2) is 0 Å². The lowest BCUT2D eigenvalue weighted by molar-refractivity contribution is -0.143. The first-order valence-corrected chi connectivity index (χ1v) is 19.6. The molecule has 0 fully saturated rings. The number of aliphatic hydroxyl groups is 1. The van der Waals surface area contributed by atoms with E-state index in [4.69, 9.17) is 11.5 Å². The van der Waals surface area contributed by atoms with Crippen LogP contribution in [0.3, 0.4) is 0 Å². The van der Waals surface area contributed by atoms with Gasteiger partial charge in [-0.05, 0) is 61.1 Å². The van der Waals surface area contributed by atoms with Gasteiger partial charge in [0.25, 0.3) is 0 Å². The largest absolute Gasteiger partial charge is 0.488 e. The van der Waals surface area contributed by atoms with E-state index in [-0.39, 0.29) is 17.7 Å². The summed E-state index contributed by atoms with van der Waals surface area (Å²) in [5.74, 6) is -7.78. The quantitative estimate of drug-likeness (QED) is 0.0603. The minimum absolute atomic E-state index is 0.133. The van der Waals surface area contributed by atoms with Crippen LogP contribution in [0.4, 0.5) is 7.77 Å². The number of hydrogen-bond donors (Lipinski definition) is 8. The SMILES string of the molecule is CC[C@H](C)[C@H](NC(=O)[C@@H](N)Cc1ccc(OS(=O)(=O)F)cc1)C(=O)N[C@@H](Cc1ccc(OS(=O)(=O)F)cc1)C(=O)N[C@H](C(=O)N[C@@H](CCC(N)=O)C(=O)O)[C@@H](C)O. The minimum atomic E-state index is -5.38. The van der Waals surface area contributed by atoms with Gasteiger partial charge in [0, 0.05) is 12.8 Å². The number of rotatable bonds is 23. The molecule has 0 bridgehead atoms. The number of amides is 5. The van der Waals surface area contributed by atoms with Crippen LogP contribution in [0.5, 0.6) is 11.5 Å². The Kier molecular flexibility index (Phi) is 17.7. The average molecular weight is 851 g/mol. The molecular formula is C33H44F2N6O14S2. The van der Waals surface area contributed by atoms with E-state index in [2.05, 4.69) is 29.6 Å². The Morgan fingerprint density at radius 3 is 1.56 bits per heavy atom. The molecule has 10 N–H and O–H groups in total. The third-order valence-corrected chi connectivity index (χ3v) is 9.04. The van der Waals surface area contributed by atoms with Crippen LogP contribution in [0.2, 0.25) is 0 Å². The maximum atomic E-state index is 13.8. The lowest BCUT2D eigenvalue weighted by Crippen LogP contribution is -2.61. The highest BCUT2D eigenvalue weighted by Gasteiger charge is 2.35. The molecule has 0 saturated carbocycles. The molecule has 2 aromatic rings. The summed E-state index contributed by atoms with van der Waals surface area (Å²) in [6.07, 6.45) is -2.70. The molecule has 0 aromatic heterocycles. The van der Waals surface area contributed by atoms with Gasteiger partial charge in [-0.2, -0.15) is 16.8 Å². The molecular weight excluding hydrogens is 807 g/mol. The third kappa shape index (κ3) is 17.1. The number of aliphatic hydroxyl groups excluding tert-OH is 1. The predicted molar refractivity (Wildman–Crippen MR) is 195 cm³/mol. The molecule has 0 radical (unpaired) electrons. The molecule has 0 saturated heterocycles. The standard InChI is InChI=1S/C33H44F2N6O14S2/c1-4-17(2)27(40-29(44)23(36)15-19-5-9-21(10-6-19)54-56(34,50)51)31(46)39-25(16-20-7-11-22(12-8-20)55-57(35,52)53)30(45)41-28(18(3)42)32(47)38-24(33(48)49)13-14-26(37)43/h5-12,17-18,23-25,27-28,42H,4,13-16,36H2,1-3H3,(H2,37,43)(H,38,47)(H,39,46)(H,40,44)(H,41,45)(H,48,49)/t17-,18+,23-,24-,25-,27-,28-/m0/s1. The molecule has 2 aromatic carbocycles. The second-order valence-corrected chi connectivity index (χ2v) is 14.7. The van der Waals surface area contributed by atoms with Crippen molar-refractivity contribution in [1.82, 2.24) is 21.3 Å². The van der Waals surface area contributed by atoms with Crippen LogP contribution in [0.1, 0.15) is 51.2 Å². The zero-order valence-corrected chi connectivity index (χ0v) is 32.3. The second-order valence-electron chi connectivity index (χ2n) is 12.8. The van der Waals surface area contributed by atoms with Crippen molar-refractivity contribution in [3.8, 4) is 11.5 Å². The third-order valence-electron chi connectivity index (χ3n) is 8.25. The Labute approximate surface area is 326 Å². The molecule has 0 aliphatic heterocycles. The van der Waals surface area contributed by atoms with Gasteiger partial charge < -0.3 is 51.3 Å². The summed E-state index contributed by atoms with van der Waals surface area (Å²) in [4.78, 5) is 76.8. The fourth-order valence-electron chi connectivity index (χ4n) is 5.07. The first-order valence-electron chi connectivity index (χ1n) is 17.0. The second kappa shape index (κ2) is 21.2. The number of carbonyl (C=O) groups is 6. The van der Waals surface area contributed by atoms with Crippen molar-refractivity contribution < 1.29 is 72.0 Å². The van der Waals surface area contributed by atoms with E-state index < -0.39 is 124 Å². The lowest BCUT2D eigenvalue weighted by atomic mass is 9.96. The summed E-state index contributed by atoms with van der Waals surface area (Å²) >= 11 is 0. The van der Waals surface area contributed by atoms with Crippen molar-refractivity contribution in [2.75, 3.05) is 0 Å². The van der Waals surface area contributed by atoms with E-state index in [1.807, 2.05) is 0 Å². The van der Waals surface area contributed by atoms with Gasteiger partial charge in [0.05, 0.1) is 12.1 Å². The highest BCUT2D eigenvalue weighted by Crippen LogP contribution is 2.18. The maximum absolute atomic E-state index is 13.8. The first-order chi connectivity index (χ1) is 26.4. The van der Waals surface area contributed by atoms with Gasteiger partial charge in [-0.15, -0.1) is 0 Å². The van der Waals surface area contributed by atoms with Crippen LogP contribution in [-0.2, 0) is 62.6 Å². The Bertz CT molecular complexity index is 1970. The maximum Gasteiger partial charge on any atom is 0.488 e. The fourth-order valence-corrected chi connectivity index (χ4v) is 5.75. The molecule has 0 aliphatic carbocycles. The molecule has 2 rings (SSSR count). The average Bonchev–Trinajstić information content (AvgIpc) is 3.10. The van der Waals surface area contributed by atoms with E-state index in [1.165, 1.54) is 24.3 Å². The molecule has 0 unspecified atom stereocenters. The molecule has 7 atom stereocenters. The highest BCUT2D eigenvalue weighted by molar-refractivity contribution is 7.82. The van der Waals surface area contributed by atoms with Crippen LogP contribution in [0, 0.1) is 5.92 Å². The number of aliphatic carboxylic acids is 1. The van der Waals surface area contributed by atoms with Gasteiger partial charge in [-0.3, -0.25) is 24.0 Å². The van der Waals surface area contributed by atoms with E-state index in [1.54, 1.807) is 13.8 Å². The van der Waals surface area contributed by atoms with Crippen LogP contribution in [0.25, 0.3) is 0 Å². The molecule has 20 nitrogen and oxygen atoms in total. The van der Waals surface area contributed by atoms with Crippen LogP contribution >= 0.6 is 0 Å². The Morgan fingerprint density at radius 1 is 0.702 bits per heavy atom. The van der Waals surface area contributed by atoms with Gasteiger partial charge in [0.1, 0.15) is 35.7 Å². The van der Waals surface area contributed by atoms with Crippen molar-refractivity contribution in [1.29, 1.82) is 0 Å². The molecule has 0 heterocycles. The summed E-state index contributed by atoms with van der Waals surface area (Å²) in [5.41, 5.74) is 11.8. The van der Waals surface area contributed by atoms with E-state index in [0.29, 0.717) is 12.0 Å². The number of hydrogen-bond acceptors (Lipinski definition) is 14. The molecule has 0 aliphatic rings. The Morgan fingerprint density at radius 2 is 1.14 bits per heavy atom. The molecule has 5 amide bonds. The Balaban J connectivity index is 2.37. The topological polar surface area (TPSA) is 330 Å². The van der Waals surface area contributed by atoms with Crippen molar-refractivity contribution in [3.63, 3.8) is 0 Å². The number of primary amides is 1. The lowest BCUT2D eigenvalue weighted by Gasteiger charge is -2.29. The molecule has 24 heteroatoms. The summed E-state index contributed by atoms with van der Waals surface area (Å²) in [6.45, 7) is 4.40. The number of nitrogens with two attached hydrogens (primary N) is 2. The summed E-state index contributed by atoms with van der Waals surface area (Å²) in [5, 5.41) is 29.3. The first kappa shape index (κ1) is 47.7. The van der Waals surface area contributed by atoms with E-state index in [9.17, 15) is 63.6 Å².